The van der Waals surface area contributed by atoms with Crippen LogP contribution in [0.3, 0.4) is 0 Å². The summed E-state index contributed by atoms with van der Waals surface area (Å²) in [5, 5.41) is 0. The lowest BCUT2D eigenvalue weighted by atomic mass is 9.90. The summed E-state index contributed by atoms with van der Waals surface area (Å²) in [6.45, 7) is 19.5. The molecule has 0 radical (unpaired) electrons. The molecule has 0 amide bonds. The molecular weight excluding hydrogens is 1010 g/mol. The quantitative estimate of drug-likeness (QED) is 0.107. The Morgan fingerprint density at radius 1 is 0.545 bits per heavy atom. The molecule has 0 nitrogen and oxygen atoms in total. The van der Waals surface area contributed by atoms with Crippen molar-refractivity contribution in [2.75, 3.05) is 12.5 Å². The predicted octanol–water partition coefficient (Wildman–Crippen LogP) is 21.5. The molecule has 0 fully saturated rings. The smallest absolute Gasteiger partial charge is 0.0792 e. The second-order valence-electron chi connectivity index (χ2n) is 18.7. The molecule has 10 heteroatoms. The molecule has 0 saturated carbocycles. The summed E-state index contributed by atoms with van der Waals surface area (Å²) >= 11 is 0. The maximum Gasteiger partial charge on any atom is 0.0792 e. The number of fused-ring (bicyclic) bond motifs is 3. The maximum atomic E-state index is 6.31. The zero-order valence-electron chi connectivity index (χ0n) is 40.3. The van der Waals surface area contributed by atoms with Gasteiger partial charge in [0.25, 0.3) is 0 Å². The first kappa shape index (κ1) is 57.1. The Morgan fingerprint density at radius 2 is 1.00 bits per heavy atom. The molecule has 0 saturated heterocycles. The lowest BCUT2D eigenvalue weighted by molar-refractivity contribution is 0.759. The van der Waals surface area contributed by atoms with Crippen molar-refractivity contribution >= 4 is 107 Å². The first-order valence-corrected chi connectivity index (χ1v) is 32.3. The highest BCUT2D eigenvalue weighted by atomic mass is 35.7. The van der Waals surface area contributed by atoms with Gasteiger partial charge in [0, 0.05) is 5.75 Å². The van der Waals surface area contributed by atoms with E-state index in [0.717, 1.165) is 5.75 Å². The standard InChI is InChI=1S/C17H19ClS.C14H11ClS.C13H21ClS.C12H16Cl2S2/c1-13(2)14-9-11-16(12-10-14)17(3,19-18)15-7-5-4-6-8-15;1-14(16-15)12-8-4-2-6-10(12)11-7-3-5-9-13(11)14;1-4-5-7-12-8-6-9-13(10-12)11-15(2,3)14;1-11(2,15-13)9-6-5-7-10(8-9)12(3,4)16-14/h4-13H,1-3H3;2-9H,1H3;6,8-10H,4-5,7,11H2,1-3H3;5-8H,1-4H3. The summed E-state index contributed by atoms with van der Waals surface area (Å²) < 4.78 is -0.484. The SMILES string of the molecule is CC(C)(SCl)c1cccc(C(C)(C)SCl)c1.CC(C)c1ccc(C(C)(SCl)c2ccccc2)cc1.CC1(SCl)c2ccccc2-c2ccccc21.CCCCc1cccc(CS(C)(C)Cl)c1. The fourth-order valence-corrected chi connectivity index (χ4v) is 12.0. The van der Waals surface area contributed by atoms with Crippen LogP contribution in [0.2, 0.25) is 0 Å². The molecule has 356 valence electrons. The van der Waals surface area contributed by atoms with Crippen LogP contribution in [-0.4, -0.2) is 12.5 Å². The Labute approximate surface area is 440 Å². The van der Waals surface area contributed by atoms with Crippen LogP contribution in [0.5, 0.6) is 0 Å². The van der Waals surface area contributed by atoms with Gasteiger partial charge in [-0.2, -0.15) is 9.24 Å². The topological polar surface area (TPSA) is 0 Å². The van der Waals surface area contributed by atoms with E-state index in [4.69, 9.17) is 53.4 Å². The summed E-state index contributed by atoms with van der Waals surface area (Å²) in [7, 11) is 34.9. The third-order valence-electron chi connectivity index (χ3n) is 11.9. The average molecular weight is 1080 g/mol. The van der Waals surface area contributed by atoms with E-state index in [2.05, 4.69) is 220 Å². The third-order valence-corrected chi connectivity index (χ3v) is 20.2. The van der Waals surface area contributed by atoms with Crippen molar-refractivity contribution in [1.29, 1.82) is 0 Å². The van der Waals surface area contributed by atoms with Gasteiger partial charge < -0.3 is 0 Å². The van der Waals surface area contributed by atoms with Crippen molar-refractivity contribution in [3.05, 3.63) is 202 Å². The zero-order chi connectivity index (χ0) is 48.8. The number of halogens is 5. The molecule has 0 spiro atoms. The Balaban J connectivity index is 0.000000193. The number of aryl methyl sites for hydroxylation is 1. The van der Waals surface area contributed by atoms with Crippen molar-refractivity contribution in [2.24, 2.45) is 0 Å². The van der Waals surface area contributed by atoms with Crippen LogP contribution in [0.1, 0.15) is 131 Å². The lowest BCUT2D eigenvalue weighted by Gasteiger charge is -2.27. The van der Waals surface area contributed by atoms with E-state index >= 15 is 0 Å². The van der Waals surface area contributed by atoms with E-state index in [1.54, 1.807) is 0 Å². The van der Waals surface area contributed by atoms with Crippen LogP contribution >= 0.6 is 107 Å². The summed E-state index contributed by atoms with van der Waals surface area (Å²) in [6.07, 6.45) is 8.03. The minimum Gasteiger partial charge on any atom is -0.165 e. The van der Waals surface area contributed by atoms with Crippen molar-refractivity contribution in [3.8, 4) is 11.1 Å². The molecule has 0 aromatic heterocycles. The van der Waals surface area contributed by atoms with Gasteiger partial charge in [0.05, 0.1) is 19.0 Å². The van der Waals surface area contributed by atoms with Crippen molar-refractivity contribution in [2.45, 2.75) is 112 Å². The first-order chi connectivity index (χ1) is 31.2. The van der Waals surface area contributed by atoms with Crippen LogP contribution < -0.4 is 0 Å². The molecule has 0 heterocycles. The fraction of sp³-hybridized carbons (Fsp3) is 0.357. The molecule has 0 bridgehead atoms. The number of rotatable bonds is 14. The highest BCUT2D eigenvalue weighted by Gasteiger charge is 2.39. The molecule has 1 unspecified atom stereocenters. The number of benzene rings is 6. The largest absolute Gasteiger partial charge is 0.165 e. The number of hydrogen-bond donors (Lipinski definition) is 0. The highest BCUT2D eigenvalue weighted by molar-refractivity contribution is 8.49. The van der Waals surface area contributed by atoms with Gasteiger partial charge in [-0.25, -0.2) is 0 Å². The van der Waals surface area contributed by atoms with E-state index in [1.165, 1.54) is 124 Å². The summed E-state index contributed by atoms with van der Waals surface area (Å²) in [5.41, 5.74) is 14.4. The molecular formula is C56H67Cl5S5. The van der Waals surface area contributed by atoms with Crippen molar-refractivity contribution < 1.29 is 0 Å². The van der Waals surface area contributed by atoms with Crippen LogP contribution in [0.25, 0.3) is 11.1 Å². The zero-order valence-corrected chi connectivity index (χ0v) is 48.1. The summed E-state index contributed by atoms with van der Waals surface area (Å²) in [4.78, 5) is 0. The van der Waals surface area contributed by atoms with Gasteiger partial charge in [-0.05, 0) is 221 Å². The lowest BCUT2D eigenvalue weighted by Crippen LogP contribution is -2.17. The second kappa shape index (κ2) is 26.1. The van der Waals surface area contributed by atoms with E-state index in [9.17, 15) is 0 Å². The predicted molar refractivity (Wildman–Crippen MR) is 312 cm³/mol. The van der Waals surface area contributed by atoms with Crippen LogP contribution in [0.4, 0.5) is 0 Å². The molecule has 6 aromatic carbocycles. The van der Waals surface area contributed by atoms with Crippen molar-refractivity contribution in [1.82, 2.24) is 0 Å². The second-order valence-corrected chi connectivity index (χ2v) is 30.4. The molecule has 6 aromatic rings. The molecule has 66 heavy (non-hydrogen) atoms. The van der Waals surface area contributed by atoms with Gasteiger partial charge >= 0.3 is 0 Å². The van der Waals surface area contributed by atoms with Crippen LogP contribution in [0, 0.1) is 0 Å². The van der Waals surface area contributed by atoms with Gasteiger partial charge in [-0.15, -0.1) is 0 Å². The van der Waals surface area contributed by atoms with Gasteiger partial charge in [0.15, 0.2) is 0 Å². The Kier molecular flexibility index (Phi) is 22.6. The molecule has 1 atom stereocenters. The van der Waals surface area contributed by atoms with E-state index in [1.807, 2.05) is 6.07 Å². The van der Waals surface area contributed by atoms with Gasteiger partial charge in [0.1, 0.15) is 0 Å². The van der Waals surface area contributed by atoms with Crippen LogP contribution in [-0.2, 0) is 31.2 Å². The Hall–Kier alpha value is -1.48. The van der Waals surface area contributed by atoms with E-state index < -0.39 is 9.24 Å². The Bertz CT molecular complexity index is 2320. The van der Waals surface area contributed by atoms with E-state index in [-0.39, 0.29) is 19.0 Å². The molecule has 1 aliphatic rings. The minimum absolute atomic E-state index is 0.0787. The molecule has 7 rings (SSSR count). The number of unbranched alkanes of at least 4 members (excludes halogenated alkanes) is 1. The van der Waals surface area contributed by atoms with E-state index in [0.29, 0.717) is 5.92 Å². The fourth-order valence-electron chi connectivity index (χ4n) is 7.70. The monoisotopic (exact) mass is 1070 g/mol. The molecule has 1 aliphatic carbocycles. The first-order valence-electron chi connectivity index (χ1n) is 22.3. The molecule has 0 N–H and O–H groups in total. The van der Waals surface area contributed by atoms with Gasteiger partial charge in [-0.1, -0.05) is 190 Å². The van der Waals surface area contributed by atoms with Gasteiger partial charge in [-0.3, -0.25) is 0 Å². The molecule has 0 aliphatic heterocycles. The van der Waals surface area contributed by atoms with Gasteiger partial charge in [0.2, 0.25) is 0 Å². The third kappa shape index (κ3) is 15.5. The average Bonchev–Trinajstić information content (AvgIpc) is 3.59. The minimum atomic E-state index is -0.942. The van der Waals surface area contributed by atoms with Crippen LogP contribution in [0.15, 0.2) is 152 Å². The summed E-state index contributed by atoms with van der Waals surface area (Å²) in [5.74, 6) is 1.58. The summed E-state index contributed by atoms with van der Waals surface area (Å²) in [6, 6.07) is 53.5. The van der Waals surface area contributed by atoms with Crippen molar-refractivity contribution in [3.63, 3.8) is 0 Å². The normalized spacial score (nSPS) is 14.0. The Morgan fingerprint density at radius 3 is 1.45 bits per heavy atom. The highest BCUT2D eigenvalue weighted by Crippen LogP contribution is 2.56. The number of hydrogen-bond acceptors (Lipinski definition) is 4. The maximum absolute atomic E-state index is 6.31.